The maximum absolute atomic E-state index is 12.4. The zero-order valence-electron chi connectivity index (χ0n) is 14.0. The molecule has 0 aromatic heterocycles. The van der Waals surface area contributed by atoms with Gasteiger partial charge in [0, 0.05) is 32.6 Å². The van der Waals surface area contributed by atoms with Crippen molar-refractivity contribution in [2.75, 3.05) is 39.8 Å². The number of benzene rings is 1. The second-order valence-electron chi connectivity index (χ2n) is 6.12. The van der Waals surface area contributed by atoms with E-state index in [0.717, 1.165) is 11.3 Å². The van der Waals surface area contributed by atoms with Crippen molar-refractivity contribution in [3.63, 3.8) is 0 Å². The van der Waals surface area contributed by atoms with Crippen molar-refractivity contribution in [2.24, 2.45) is 0 Å². The Hall–Kier alpha value is -1.76. The highest BCUT2D eigenvalue weighted by molar-refractivity contribution is 5.77. The molecule has 0 N–H and O–H groups in total. The number of hydrogen-bond donors (Lipinski definition) is 0. The van der Waals surface area contributed by atoms with Gasteiger partial charge in [0.2, 0.25) is 5.91 Å². The molecule has 1 aliphatic rings. The lowest BCUT2D eigenvalue weighted by atomic mass is 9.96. The van der Waals surface area contributed by atoms with Crippen molar-refractivity contribution in [3.8, 4) is 5.75 Å². The van der Waals surface area contributed by atoms with E-state index >= 15 is 0 Å². The molecule has 2 rings (SSSR count). The van der Waals surface area contributed by atoms with Crippen molar-refractivity contribution in [3.05, 3.63) is 29.8 Å². The largest absolute Gasteiger partial charge is 0.496 e. The number of hydrogen-bond acceptors (Lipinski definition) is 3. The van der Waals surface area contributed by atoms with Crippen LogP contribution < -0.4 is 4.74 Å². The maximum atomic E-state index is 12.4. The molecule has 0 radical (unpaired) electrons. The van der Waals surface area contributed by atoms with Crippen LogP contribution in [0.4, 0.5) is 13.2 Å². The van der Waals surface area contributed by atoms with Crippen molar-refractivity contribution in [2.45, 2.75) is 25.4 Å². The smallest absolute Gasteiger partial charge is 0.401 e. The first-order valence-electron chi connectivity index (χ1n) is 8.00. The number of carbonyl (C=O) groups excluding carboxylic acids is 1. The van der Waals surface area contributed by atoms with Crippen LogP contribution in [0, 0.1) is 0 Å². The van der Waals surface area contributed by atoms with E-state index in [9.17, 15) is 18.0 Å². The molecule has 134 valence electrons. The van der Waals surface area contributed by atoms with Crippen LogP contribution >= 0.6 is 0 Å². The van der Waals surface area contributed by atoms with Crippen molar-refractivity contribution in [1.82, 2.24) is 9.80 Å². The van der Waals surface area contributed by atoms with Gasteiger partial charge in [0.1, 0.15) is 5.75 Å². The lowest BCUT2D eigenvalue weighted by Gasteiger charge is -2.35. The molecule has 24 heavy (non-hydrogen) atoms. The third-order valence-electron chi connectivity index (χ3n) is 4.28. The molecule has 1 saturated heterocycles. The molecule has 1 fully saturated rings. The van der Waals surface area contributed by atoms with Crippen LogP contribution in [0.25, 0.3) is 0 Å². The molecule has 1 aliphatic heterocycles. The predicted octanol–water partition coefficient (Wildman–Crippen LogP) is 2.90. The van der Waals surface area contributed by atoms with E-state index in [1.54, 1.807) is 12.0 Å². The molecule has 1 heterocycles. The van der Waals surface area contributed by atoms with Gasteiger partial charge in [-0.2, -0.15) is 13.2 Å². The zero-order chi connectivity index (χ0) is 17.7. The van der Waals surface area contributed by atoms with E-state index in [4.69, 9.17) is 4.74 Å². The van der Waals surface area contributed by atoms with E-state index in [1.165, 1.54) is 4.90 Å². The first-order valence-corrected chi connectivity index (χ1v) is 8.00. The molecule has 0 bridgehead atoms. The molecule has 1 aromatic rings. The molecule has 0 unspecified atom stereocenters. The lowest BCUT2D eigenvalue weighted by Crippen LogP contribution is -2.51. The van der Waals surface area contributed by atoms with Gasteiger partial charge in [0.25, 0.3) is 0 Å². The number of alkyl halides is 3. The molecular weight excluding hydrogens is 321 g/mol. The zero-order valence-corrected chi connectivity index (χ0v) is 14.0. The van der Waals surface area contributed by atoms with Crippen molar-refractivity contribution in [1.29, 1.82) is 0 Å². The molecule has 0 aliphatic carbocycles. The van der Waals surface area contributed by atoms with Gasteiger partial charge in [0.05, 0.1) is 13.7 Å². The van der Waals surface area contributed by atoms with Gasteiger partial charge in [-0.1, -0.05) is 25.1 Å². The molecule has 1 atom stereocenters. The molecule has 0 saturated carbocycles. The van der Waals surface area contributed by atoms with E-state index in [1.807, 2.05) is 31.2 Å². The normalized spacial score (nSPS) is 17.6. The molecule has 7 heteroatoms. The molecular formula is C17H23F3N2O2. The fourth-order valence-corrected chi connectivity index (χ4v) is 2.98. The Morgan fingerprint density at radius 1 is 1.21 bits per heavy atom. The minimum Gasteiger partial charge on any atom is -0.496 e. The summed E-state index contributed by atoms with van der Waals surface area (Å²) in [7, 11) is 1.59. The van der Waals surface area contributed by atoms with Crippen LogP contribution in [0.5, 0.6) is 5.75 Å². The van der Waals surface area contributed by atoms with Gasteiger partial charge in [0.15, 0.2) is 0 Å². The van der Waals surface area contributed by atoms with Gasteiger partial charge in [-0.05, 0) is 17.5 Å². The van der Waals surface area contributed by atoms with Gasteiger partial charge in [-0.25, -0.2) is 0 Å². The summed E-state index contributed by atoms with van der Waals surface area (Å²) < 4.78 is 42.5. The fourth-order valence-electron chi connectivity index (χ4n) is 2.98. The number of methoxy groups -OCH3 is 1. The third-order valence-corrected chi connectivity index (χ3v) is 4.28. The molecule has 1 aromatic carbocycles. The van der Waals surface area contributed by atoms with E-state index in [2.05, 4.69) is 0 Å². The molecule has 0 spiro atoms. The summed E-state index contributed by atoms with van der Waals surface area (Å²) in [5, 5.41) is 0. The minimum absolute atomic E-state index is 0.0122. The number of piperazine rings is 1. The number of halogens is 3. The molecule has 1 amide bonds. The Morgan fingerprint density at radius 2 is 1.83 bits per heavy atom. The maximum Gasteiger partial charge on any atom is 0.401 e. The number of ether oxygens (including phenoxy) is 1. The number of rotatable bonds is 5. The fraction of sp³-hybridized carbons (Fsp3) is 0.588. The van der Waals surface area contributed by atoms with Crippen LogP contribution in [0.3, 0.4) is 0 Å². The summed E-state index contributed by atoms with van der Waals surface area (Å²) in [5.41, 5.74) is 0.962. The summed E-state index contributed by atoms with van der Waals surface area (Å²) in [4.78, 5) is 15.4. The Bertz CT molecular complexity index is 555. The highest BCUT2D eigenvalue weighted by atomic mass is 19.4. The number of nitrogens with zero attached hydrogens (tertiary/aromatic N) is 2. The predicted molar refractivity (Wildman–Crippen MR) is 85.1 cm³/mol. The van der Waals surface area contributed by atoms with Gasteiger partial charge < -0.3 is 9.64 Å². The SMILES string of the molecule is COc1ccccc1[C@H](C)CC(=O)N1CCN(CC(F)(F)F)CC1. The van der Waals surface area contributed by atoms with Gasteiger partial charge in [-0.3, -0.25) is 9.69 Å². The number of amides is 1. The lowest BCUT2D eigenvalue weighted by molar-refractivity contribution is -0.151. The standard InChI is InChI=1S/C17H23F3N2O2/c1-13(14-5-3-4-6-15(14)24-2)11-16(23)22-9-7-21(8-10-22)12-17(18,19)20/h3-6,13H,7-12H2,1-2H3/t13-/m1/s1. The summed E-state index contributed by atoms with van der Waals surface area (Å²) in [6.07, 6.45) is -3.87. The van der Waals surface area contributed by atoms with Crippen LogP contribution in [-0.4, -0.2) is 61.7 Å². The van der Waals surface area contributed by atoms with E-state index < -0.39 is 12.7 Å². The summed E-state index contributed by atoms with van der Waals surface area (Å²) in [5.74, 6) is 0.703. The first kappa shape index (κ1) is 18.6. The van der Waals surface area contributed by atoms with Crippen molar-refractivity contribution >= 4 is 5.91 Å². The second kappa shape index (κ2) is 7.88. The Labute approximate surface area is 140 Å². The quantitative estimate of drug-likeness (QED) is 0.823. The van der Waals surface area contributed by atoms with Crippen LogP contribution in [0.15, 0.2) is 24.3 Å². The summed E-state index contributed by atoms with van der Waals surface area (Å²) in [6.45, 7) is 2.24. The number of carbonyl (C=O) groups is 1. The summed E-state index contributed by atoms with van der Waals surface area (Å²) >= 11 is 0. The van der Waals surface area contributed by atoms with E-state index in [0.29, 0.717) is 19.5 Å². The Balaban J connectivity index is 1.87. The number of para-hydroxylation sites is 1. The van der Waals surface area contributed by atoms with Crippen LogP contribution in [0.2, 0.25) is 0 Å². The summed E-state index contributed by atoms with van der Waals surface area (Å²) in [6, 6.07) is 7.55. The van der Waals surface area contributed by atoms with Crippen molar-refractivity contribution < 1.29 is 22.7 Å². The Morgan fingerprint density at radius 3 is 2.42 bits per heavy atom. The average molecular weight is 344 g/mol. The topological polar surface area (TPSA) is 32.8 Å². The van der Waals surface area contributed by atoms with Gasteiger partial charge >= 0.3 is 6.18 Å². The highest BCUT2D eigenvalue weighted by Crippen LogP contribution is 2.29. The van der Waals surface area contributed by atoms with E-state index in [-0.39, 0.29) is 24.9 Å². The second-order valence-corrected chi connectivity index (χ2v) is 6.12. The van der Waals surface area contributed by atoms with Crippen LogP contribution in [0.1, 0.15) is 24.8 Å². The van der Waals surface area contributed by atoms with Crippen LogP contribution in [-0.2, 0) is 4.79 Å². The molecule has 4 nitrogen and oxygen atoms in total. The minimum atomic E-state index is -4.19. The first-order chi connectivity index (χ1) is 11.3. The average Bonchev–Trinajstić information content (AvgIpc) is 2.53. The Kier molecular flexibility index (Phi) is 6.10. The third kappa shape index (κ3) is 5.12. The highest BCUT2D eigenvalue weighted by Gasteiger charge is 2.33. The monoisotopic (exact) mass is 344 g/mol. The van der Waals surface area contributed by atoms with Gasteiger partial charge in [-0.15, -0.1) is 0 Å².